The summed E-state index contributed by atoms with van der Waals surface area (Å²) in [7, 11) is 0. The van der Waals surface area contributed by atoms with Crippen LogP contribution >= 0.6 is 11.3 Å². The van der Waals surface area contributed by atoms with Gasteiger partial charge in [-0.15, -0.1) is 21.5 Å². The average molecular weight is 420 g/mol. The molecule has 4 aromatic rings. The summed E-state index contributed by atoms with van der Waals surface area (Å²) >= 11 is 1.57. The second kappa shape index (κ2) is 7.87. The Morgan fingerprint density at radius 1 is 1.17 bits per heavy atom. The van der Waals surface area contributed by atoms with Gasteiger partial charge in [-0.25, -0.2) is 4.68 Å². The summed E-state index contributed by atoms with van der Waals surface area (Å²) in [6, 6.07) is 13.8. The van der Waals surface area contributed by atoms with Crippen LogP contribution in [0.4, 0.5) is 0 Å². The van der Waals surface area contributed by atoms with Crippen molar-refractivity contribution in [2.75, 3.05) is 13.1 Å². The number of benzene rings is 1. The molecule has 1 atom stereocenters. The third kappa shape index (κ3) is 3.43. The van der Waals surface area contributed by atoms with Crippen LogP contribution in [0.1, 0.15) is 40.7 Å². The molecular weight excluding hydrogens is 398 g/mol. The molecular formula is C22H21N5O2S. The number of aromatic nitrogens is 4. The van der Waals surface area contributed by atoms with Crippen molar-refractivity contribution in [2.24, 2.45) is 0 Å². The fraction of sp³-hybridized carbons (Fsp3) is 0.273. The minimum atomic E-state index is -0.00243. The number of hydrogen-bond acceptors (Lipinski definition) is 6. The molecule has 3 aromatic heterocycles. The van der Waals surface area contributed by atoms with E-state index in [2.05, 4.69) is 15.3 Å². The number of rotatable bonds is 4. The third-order valence-corrected chi connectivity index (χ3v) is 6.33. The average Bonchev–Trinajstić information content (AvgIpc) is 3.54. The molecule has 1 aliphatic rings. The van der Waals surface area contributed by atoms with Crippen molar-refractivity contribution in [3.63, 3.8) is 0 Å². The van der Waals surface area contributed by atoms with Crippen molar-refractivity contribution in [2.45, 2.75) is 25.7 Å². The minimum absolute atomic E-state index is 0.00243. The number of nitrogens with zero attached hydrogens (tertiary/aromatic N) is 5. The van der Waals surface area contributed by atoms with E-state index in [-0.39, 0.29) is 11.8 Å². The Hall–Kier alpha value is -3.26. The Labute approximate surface area is 178 Å². The van der Waals surface area contributed by atoms with Crippen LogP contribution in [0.15, 0.2) is 58.5 Å². The predicted molar refractivity (Wildman–Crippen MR) is 114 cm³/mol. The Bertz CT molecular complexity index is 1150. The first-order valence-electron chi connectivity index (χ1n) is 9.97. The maximum absolute atomic E-state index is 13.2. The highest BCUT2D eigenvalue weighted by atomic mass is 32.1. The fourth-order valence-electron chi connectivity index (χ4n) is 3.88. The first-order valence-corrected chi connectivity index (χ1v) is 10.9. The minimum Gasteiger partial charge on any atom is -0.420 e. The molecule has 0 N–H and O–H groups in total. The van der Waals surface area contributed by atoms with E-state index in [0.717, 1.165) is 35.6 Å². The van der Waals surface area contributed by atoms with Crippen molar-refractivity contribution < 1.29 is 9.21 Å². The normalized spacial score (nSPS) is 16.7. The van der Waals surface area contributed by atoms with Crippen molar-refractivity contribution in [1.82, 2.24) is 24.9 Å². The topological polar surface area (TPSA) is 77.1 Å². The van der Waals surface area contributed by atoms with E-state index in [1.165, 1.54) is 0 Å². The summed E-state index contributed by atoms with van der Waals surface area (Å²) in [5.41, 5.74) is 2.41. The van der Waals surface area contributed by atoms with Gasteiger partial charge in [0.15, 0.2) is 0 Å². The van der Waals surface area contributed by atoms with Crippen LogP contribution in [0, 0.1) is 6.92 Å². The molecule has 1 saturated heterocycles. The van der Waals surface area contributed by atoms with Crippen molar-refractivity contribution in [3.8, 4) is 16.5 Å². The number of carbonyl (C=O) groups is 1. The summed E-state index contributed by atoms with van der Waals surface area (Å²) in [6.45, 7) is 3.22. The lowest BCUT2D eigenvalue weighted by Gasteiger charge is -2.31. The van der Waals surface area contributed by atoms with E-state index in [1.807, 2.05) is 59.7 Å². The van der Waals surface area contributed by atoms with Crippen molar-refractivity contribution >= 4 is 17.2 Å². The SMILES string of the molecule is Cc1c(C(=O)N2CCC[C@@H](c3nnc(-c4cccs4)o3)C2)cnn1-c1ccccc1. The number of hydrogen-bond donors (Lipinski definition) is 0. The monoisotopic (exact) mass is 419 g/mol. The molecule has 1 aliphatic heterocycles. The Kier molecular flexibility index (Phi) is 4.92. The quantitative estimate of drug-likeness (QED) is 0.493. The van der Waals surface area contributed by atoms with Gasteiger partial charge in [0.1, 0.15) is 0 Å². The van der Waals surface area contributed by atoms with Gasteiger partial charge in [0.05, 0.1) is 33.9 Å². The lowest BCUT2D eigenvalue weighted by molar-refractivity contribution is 0.0697. The van der Waals surface area contributed by atoms with Crippen LogP contribution in [0.5, 0.6) is 0 Å². The zero-order chi connectivity index (χ0) is 20.5. The number of para-hydroxylation sites is 1. The van der Waals surface area contributed by atoms with Crippen molar-refractivity contribution in [3.05, 3.63) is 71.2 Å². The van der Waals surface area contributed by atoms with E-state index in [0.29, 0.717) is 23.9 Å². The molecule has 0 radical (unpaired) electrons. The Balaban J connectivity index is 1.34. The molecule has 5 rings (SSSR count). The summed E-state index contributed by atoms with van der Waals surface area (Å²) < 4.78 is 7.73. The number of carbonyl (C=O) groups excluding carboxylic acids is 1. The summed E-state index contributed by atoms with van der Waals surface area (Å²) in [6.07, 6.45) is 3.49. The summed E-state index contributed by atoms with van der Waals surface area (Å²) in [5, 5.41) is 14.9. The van der Waals surface area contributed by atoms with Crippen LogP contribution in [-0.2, 0) is 0 Å². The van der Waals surface area contributed by atoms with E-state index in [1.54, 1.807) is 22.2 Å². The molecule has 0 saturated carbocycles. The second-order valence-corrected chi connectivity index (χ2v) is 8.35. The van der Waals surface area contributed by atoms with Gasteiger partial charge in [-0.3, -0.25) is 4.79 Å². The fourth-order valence-corrected chi connectivity index (χ4v) is 4.53. The Morgan fingerprint density at radius 3 is 2.83 bits per heavy atom. The number of amides is 1. The highest BCUT2D eigenvalue weighted by molar-refractivity contribution is 7.13. The zero-order valence-corrected chi connectivity index (χ0v) is 17.4. The molecule has 30 heavy (non-hydrogen) atoms. The molecule has 1 amide bonds. The standard InChI is InChI=1S/C22H21N5O2S/c1-15-18(13-23-27(15)17-8-3-2-4-9-17)22(28)26-11-5-7-16(14-26)20-24-25-21(29-20)19-10-6-12-30-19/h2-4,6,8-10,12-13,16H,5,7,11,14H2,1H3/t16-/m1/s1. The molecule has 0 unspecified atom stereocenters. The van der Waals surface area contributed by atoms with Crippen LogP contribution in [0.3, 0.4) is 0 Å². The third-order valence-electron chi connectivity index (χ3n) is 5.47. The molecule has 152 valence electrons. The molecule has 1 aromatic carbocycles. The number of likely N-dealkylation sites (tertiary alicyclic amines) is 1. The first-order chi connectivity index (χ1) is 14.7. The van der Waals surface area contributed by atoms with Crippen LogP contribution in [0.25, 0.3) is 16.5 Å². The van der Waals surface area contributed by atoms with Gasteiger partial charge in [-0.2, -0.15) is 5.10 Å². The zero-order valence-electron chi connectivity index (χ0n) is 16.6. The smallest absolute Gasteiger partial charge is 0.257 e. The summed E-state index contributed by atoms with van der Waals surface area (Å²) in [5.74, 6) is 1.20. The highest BCUT2D eigenvalue weighted by Gasteiger charge is 2.30. The van der Waals surface area contributed by atoms with E-state index in [9.17, 15) is 4.79 Å². The molecule has 1 fully saturated rings. The van der Waals surface area contributed by atoms with Crippen LogP contribution < -0.4 is 0 Å². The van der Waals surface area contributed by atoms with Gasteiger partial charge in [0.2, 0.25) is 5.89 Å². The Morgan fingerprint density at radius 2 is 2.03 bits per heavy atom. The maximum atomic E-state index is 13.2. The lowest BCUT2D eigenvalue weighted by Crippen LogP contribution is -2.39. The molecule has 4 heterocycles. The van der Waals surface area contributed by atoms with Crippen LogP contribution in [0.2, 0.25) is 0 Å². The molecule has 0 bridgehead atoms. The molecule has 8 heteroatoms. The maximum Gasteiger partial charge on any atom is 0.257 e. The van der Waals surface area contributed by atoms with Gasteiger partial charge in [0, 0.05) is 13.1 Å². The first kappa shape index (κ1) is 18.7. The number of piperidine rings is 1. The predicted octanol–water partition coefficient (Wildman–Crippen LogP) is 4.31. The molecule has 7 nitrogen and oxygen atoms in total. The van der Waals surface area contributed by atoms with Crippen LogP contribution in [-0.4, -0.2) is 43.9 Å². The van der Waals surface area contributed by atoms with E-state index >= 15 is 0 Å². The lowest BCUT2D eigenvalue weighted by atomic mass is 9.97. The summed E-state index contributed by atoms with van der Waals surface area (Å²) in [4.78, 5) is 16.1. The van der Waals surface area contributed by atoms with Gasteiger partial charge in [-0.1, -0.05) is 24.3 Å². The molecule has 0 aliphatic carbocycles. The van der Waals surface area contributed by atoms with Gasteiger partial charge < -0.3 is 9.32 Å². The largest absolute Gasteiger partial charge is 0.420 e. The van der Waals surface area contributed by atoms with Gasteiger partial charge in [0.25, 0.3) is 11.8 Å². The van der Waals surface area contributed by atoms with Crippen molar-refractivity contribution in [1.29, 1.82) is 0 Å². The van der Waals surface area contributed by atoms with E-state index < -0.39 is 0 Å². The highest BCUT2D eigenvalue weighted by Crippen LogP contribution is 2.30. The van der Waals surface area contributed by atoms with Gasteiger partial charge >= 0.3 is 0 Å². The second-order valence-electron chi connectivity index (χ2n) is 7.40. The van der Waals surface area contributed by atoms with E-state index in [4.69, 9.17) is 4.42 Å². The number of thiophene rings is 1. The molecule has 0 spiro atoms. The van der Waals surface area contributed by atoms with Gasteiger partial charge in [-0.05, 0) is 43.3 Å².